The summed E-state index contributed by atoms with van der Waals surface area (Å²) >= 11 is 4.76. The maximum Gasteiger partial charge on any atom is 0.306 e. The summed E-state index contributed by atoms with van der Waals surface area (Å²) in [5.41, 5.74) is -0.550. The summed E-state index contributed by atoms with van der Waals surface area (Å²) in [7, 11) is 1.17. The molecule has 1 unspecified atom stereocenters. The Balaban J connectivity index is 1.98. The van der Waals surface area contributed by atoms with Crippen LogP contribution < -0.4 is 5.43 Å². The second kappa shape index (κ2) is 10.1. The van der Waals surface area contributed by atoms with Crippen molar-refractivity contribution in [3.63, 3.8) is 0 Å². The summed E-state index contributed by atoms with van der Waals surface area (Å²) in [6, 6.07) is 11.7. The number of hydrogen-bond donors (Lipinski definition) is 1. The first-order valence-electron chi connectivity index (χ1n) is 9.04. The average Bonchev–Trinajstić information content (AvgIpc) is 2.76. The Morgan fingerprint density at radius 2 is 1.87 bits per heavy atom. The molecular weight excluding hydrogens is 494 g/mol. The predicted octanol–water partition coefficient (Wildman–Crippen LogP) is 5.37. The number of thioether (sulfide) groups is 1. The van der Waals surface area contributed by atoms with Gasteiger partial charge in [-0.2, -0.15) is 0 Å². The molecule has 3 aromatic rings. The van der Waals surface area contributed by atoms with Crippen molar-refractivity contribution in [1.29, 1.82) is 0 Å². The molecule has 0 saturated carbocycles. The van der Waals surface area contributed by atoms with Gasteiger partial charge in [0.1, 0.15) is 5.76 Å². The molecule has 3 rings (SSSR count). The van der Waals surface area contributed by atoms with Gasteiger partial charge in [-0.05, 0) is 42.0 Å². The molecule has 0 radical (unpaired) electrons. The standard InChI is InChI=1S/C22H17BrF2O5S/c1-29-20(27)10-16(12-2-7-17(24)18(25)8-12)22-21(28)19(26)9-14(30-22)11-31-15-5-3-13(23)4-6-15/h2-9,16,28H,10-11H2,1H3. The van der Waals surface area contributed by atoms with E-state index in [0.29, 0.717) is 0 Å². The van der Waals surface area contributed by atoms with E-state index in [9.17, 15) is 23.5 Å². The third kappa shape index (κ3) is 5.74. The molecule has 0 aliphatic rings. The van der Waals surface area contributed by atoms with Crippen LogP contribution in [0.4, 0.5) is 8.78 Å². The number of carbonyl (C=O) groups is 1. The lowest BCUT2D eigenvalue weighted by molar-refractivity contribution is -0.140. The van der Waals surface area contributed by atoms with E-state index < -0.39 is 34.7 Å². The lowest BCUT2D eigenvalue weighted by Gasteiger charge is -2.17. The molecule has 1 heterocycles. The third-order valence-corrected chi connectivity index (χ3v) is 6.02. The maximum absolute atomic E-state index is 13.8. The zero-order valence-corrected chi connectivity index (χ0v) is 18.6. The minimum Gasteiger partial charge on any atom is -0.502 e. The van der Waals surface area contributed by atoms with Crippen LogP contribution in [-0.2, 0) is 15.3 Å². The van der Waals surface area contributed by atoms with Gasteiger partial charge < -0.3 is 14.3 Å². The quantitative estimate of drug-likeness (QED) is 0.340. The number of carbonyl (C=O) groups excluding carboxylic acids is 1. The Morgan fingerprint density at radius 1 is 1.16 bits per heavy atom. The molecule has 0 saturated heterocycles. The van der Waals surface area contributed by atoms with Crippen molar-refractivity contribution in [3.05, 3.63) is 91.9 Å². The second-order valence-electron chi connectivity index (χ2n) is 6.54. The van der Waals surface area contributed by atoms with Crippen molar-refractivity contribution in [3.8, 4) is 5.75 Å². The highest BCUT2D eigenvalue weighted by molar-refractivity contribution is 9.10. The molecule has 1 aromatic heterocycles. The summed E-state index contributed by atoms with van der Waals surface area (Å²) in [5, 5.41) is 10.3. The SMILES string of the molecule is COC(=O)CC(c1ccc(F)c(F)c1)c1oc(CSc2ccc(Br)cc2)cc(=O)c1O. The Bertz CT molecular complexity index is 1150. The molecule has 0 fully saturated rings. The van der Waals surface area contributed by atoms with E-state index >= 15 is 0 Å². The fourth-order valence-corrected chi connectivity index (χ4v) is 3.93. The van der Waals surface area contributed by atoms with Crippen LogP contribution in [-0.4, -0.2) is 18.2 Å². The molecule has 162 valence electrons. The monoisotopic (exact) mass is 510 g/mol. The van der Waals surface area contributed by atoms with E-state index in [1.807, 2.05) is 24.3 Å². The van der Waals surface area contributed by atoms with Gasteiger partial charge in [-0.3, -0.25) is 9.59 Å². The van der Waals surface area contributed by atoms with Gasteiger partial charge in [0, 0.05) is 15.4 Å². The van der Waals surface area contributed by atoms with E-state index in [0.717, 1.165) is 27.6 Å². The molecule has 2 aromatic carbocycles. The van der Waals surface area contributed by atoms with Crippen LogP contribution >= 0.6 is 27.7 Å². The molecule has 1 atom stereocenters. The molecule has 0 aliphatic carbocycles. The smallest absolute Gasteiger partial charge is 0.306 e. The van der Waals surface area contributed by atoms with Crippen molar-refractivity contribution >= 4 is 33.7 Å². The topological polar surface area (TPSA) is 76.7 Å². The number of hydrogen-bond acceptors (Lipinski definition) is 6. The number of halogens is 3. The Morgan fingerprint density at radius 3 is 2.52 bits per heavy atom. The van der Waals surface area contributed by atoms with Crippen LogP contribution in [0, 0.1) is 11.6 Å². The first-order chi connectivity index (χ1) is 14.8. The maximum atomic E-state index is 13.8. The van der Waals surface area contributed by atoms with Crippen molar-refractivity contribution in [2.24, 2.45) is 0 Å². The van der Waals surface area contributed by atoms with Crippen LogP contribution in [0.5, 0.6) is 5.75 Å². The summed E-state index contributed by atoms with van der Waals surface area (Å²) in [4.78, 5) is 25.2. The number of esters is 1. The van der Waals surface area contributed by atoms with Crippen molar-refractivity contribution in [2.45, 2.75) is 23.0 Å². The van der Waals surface area contributed by atoms with Crippen LogP contribution in [0.1, 0.15) is 29.4 Å². The van der Waals surface area contributed by atoms with Crippen LogP contribution in [0.25, 0.3) is 0 Å². The fraction of sp³-hybridized carbons (Fsp3) is 0.182. The van der Waals surface area contributed by atoms with Crippen molar-refractivity contribution in [1.82, 2.24) is 0 Å². The number of methoxy groups -OCH3 is 1. The Labute approximate surface area is 189 Å². The van der Waals surface area contributed by atoms with E-state index in [4.69, 9.17) is 4.42 Å². The predicted molar refractivity (Wildman–Crippen MR) is 115 cm³/mol. The van der Waals surface area contributed by atoms with Gasteiger partial charge in [0.25, 0.3) is 0 Å². The first-order valence-corrected chi connectivity index (χ1v) is 10.8. The van der Waals surface area contributed by atoms with Gasteiger partial charge in [0.05, 0.1) is 25.2 Å². The molecule has 0 bridgehead atoms. The molecule has 5 nitrogen and oxygen atoms in total. The summed E-state index contributed by atoms with van der Waals surface area (Å²) < 4.78 is 38.6. The minimum absolute atomic E-state index is 0.153. The van der Waals surface area contributed by atoms with Crippen LogP contribution in [0.2, 0.25) is 0 Å². The van der Waals surface area contributed by atoms with Crippen LogP contribution in [0.3, 0.4) is 0 Å². The summed E-state index contributed by atoms with van der Waals surface area (Å²) in [5.74, 6) is -4.30. The number of benzene rings is 2. The first kappa shape index (κ1) is 23.0. The highest BCUT2D eigenvalue weighted by atomic mass is 79.9. The van der Waals surface area contributed by atoms with Gasteiger partial charge in [-0.1, -0.05) is 22.0 Å². The van der Waals surface area contributed by atoms with E-state index in [-0.39, 0.29) is 29.3 Å². The molecule has 0 aliphatic heterocycles. The number of rotatable bonds is 7. The van der Waals surface area contributed by atoms with Gasteiger partial charge in [-0.25, -0.2) is 8.78 Å². The zero-order chi connectivity index (χ0) is 22.5. The zero-order valence-electron chi connectivity index (χ0n) is 16.2. The van der Waals surface area contributed by atoms with Gasteiger partial charge in [0.15, 0.2) is 17.4 Å². The highest BCUT2D eigenvalue weighted by Crippen LogP contribution is 2.35. The number of aromatic hydroxyl groups is 1. The third-order valence-electron chi connectivity index (χ3n) is 4.46. The summed E-state index contributed by atoms with van der Waals surface area (Å²) in [6.45, 7) is 0. The van der Waals surface area contributed by atoms with Crippen molar-refractivity contribution in [2.75, 3.05) is 7.11 Å². The lowest BCUT2D eigenvalue weighted by Crippen LogP contribution is -2.14. The largest absolute Gasteiger partial charge is 0.502 e. The molecular formula is C22H17BrF2O5S. The summed E-state index contributed by atoms with van der Waals surface area (Å²) in [6.07, 6.45) is -0.346. The van der Waals surface area contributed by atoms with Gasteiger partial charge in [-0.15, -0.1) is 11.8 Å². The van der Waals surface area contributed by atoms with E-state index in [1.165, 1.54) is 24.9 Å². The molecule has 1 N–H and O–H groups in total. The molecule has 0 amide bonds. The average molecular weight is 511 g/mol. The Kier molecular flexibility index (Phi) is 7.50. The molecule has 9 heteroatoms. The Hall–Kier alpha value is -2.65. The highest BCUT2D eigenvalue weighted by Gasteiger charge is 2.27. The van der Waals surface area contributed by atoms with E-state index in [1.54, 1.807) is 0 Å². The lowest BCUT2D eigenvalue weighted by atomic mass is 9.92. The molecule has 0 spiro atoms. The second-order valence-corrected chi connectivity index (χ2v) is 8.50. The van der Waals surface area contributed by atoms with Crippen molar-refractivity contribution < 1.29 is 27.8 Å². The number of ether oxygens (including phenoxy) is 1. The minimum atomic E-state index is -1.13. The normalized spacial score (nSPS) is 11.9. The van der Waals surface area contributed by atoms with Crippen LogP contribution in [0.15, 0.2) is 67.1 Å². The van der Waals surface area contributed by atoms with E-state index in [2.05, 4.69) is 20.7 Å². The molecule has 31 heavy (non-hydrogen) atoms. The van der Waals surface area contributed by atoms with Gasteiger partial charge in [0.2, 0.25) is 11.2 Å². The van der Waals surface area contributed by atoms with Gasteiger partial charge >= 0.3 is 5.97 Å². The fourth-order valence-electron chi connectivity index (χ4n) is 2.89.